The van der Waals surface area contributed by atoms with Crippen molar-refractivity contribution in [2.24, 2.45) is 5.84 Å². The molecule has 0 fully saturated rings. The van der Waals surface area contributed by atoms with Gasteiger partial charge in [-0.2, -0.15) is 0 Å². The van der Waals surface area contributed by atoms with Crippen LogP contribution in [0.25, 0.3) is 66.9 Å². The molecule has 0 saturated carbocycles. The van der Waals surface area contributed by atoms with E-state index in [0.717, 1.165) is 56.1 Å². The lowest BCUT2D eigenvalue weighted by molar-refractivity contribution is 1.09. The van der Waals surface area contributed by atoms with Crippen molar-refractivity contribution < 1.29 is 0 Å². The molecule has 0 unspecified atom stereocenters. The number of hydrazine groups is 1. The van der Waals surface area contributed by atoms with Crippen LogP contribution in [0.1, 0.15) is 0 Å². The molecule has 0 atom stereocenters. The number of rotatable bonds is 7. The molecule has 7 aromatic carbocycles. The molecule has 8 rings (SSSR count). The first-order valence-electron chi connectivity index (χ1n) is 16.2. The first-order chi connectivity index (χ1) is 24.1. The van der Waals surface area contributed by atoms with Gasteiger partial charge in [0, 0.05) is 16.7 Å². The highest BCUT2D eigenvalue weighted by molar-refractivity contribution is 5.99. The van der Waals surface area contributed by atoms with Crippen LogP contribution in [0.5, 0.6) is 0 Å². The Morgan fingerprint density at radius 1 is 0.429 bits per heavy atom. The van der Waals surface area contributed by atoms with Crippen molar-refractivity contribution >= 4 is 27.8 Å². The van der Waals surface area contributed by atoms with Gasteiger partial charge < -0.3 is 5.73 Å². The number of para-hydroxylation sites is 2. The number of fused-ring (bicyclic) bond motifs is 1. The number of nitrogen functional groups attached to an aromatic ring is 1. The normalized spacial score (nSPS) is 11.0. The third-order valence-corrected chi connectivity index (χ3v) is 8.88. The molecular weight excluding hydrogens is 599 g/mol. The Labute approximate surface area is 285 Å². The van der Waals surface area contributed by atoms with Crippen molar-refractivity contribution in [1.82, 2.24) is 9.97 Å². The zero-order valence-corrected chi connectivity index (χ0v) is 26.7. The highest BCUT2D eigenvalue weighted by Gasteiger charge is 2.13. The molecule has 5 nitrogen and oxygen atoms in total. The van der Waals surface area contributed by atoms with Gasteiger partial charge in [0.15, 0.2) is 5.82 Å². The van der Waals surface area contributed by atoms with E-state index in [2.05, 4.69) is 91.0 Å². The Bertz CT molecular complexity index is 2330. The lowest BCUT2D eigenvalue weighted by Crippen LogP contribution is -2.25. The predicted octanol–water partition coefficient (Wildman–Crippen LogP) is 10.6. The lowest BCUT2D eigenvalue weighted by Gasteiger charge is -2.20. The summed E-state index contributed by atoms with van der Waals surface area (Å²) in [5.74, 6) is 7.13. The van der Waals surface area contributed by atoms with Gasteiger partial charge in [-0.3, -0.25) is 5.01 Å². The van der Waals surface area contributed by atoms with Crippen LogP contribution in [0.3, 0.4) is 0 Å². The molecule has 234 valence electrons. The molecule has 8 aromatic rings. The maximum absolute atomic E-state index is 6.43. The molecule has 1 heterocycles. The zero-order chi connectivity index (χ0) is 33.2. The molecule has 0 amide bonds. The van der Waals surface area contributed by atoms with Crippen LogP contribution in [0.4, 0.5) is 17.1 Å². The first-order valence-corrected chi connectivity index (χ1v) is 16.2. The molecule has 49 heavy (non-hydrogen) atoms. The molecule has 0 radical (unpaired) electrons. The fourth-order valence-corrected chi connectivity index (χ4v) is 6.25. The van der Waals surface area contributed by atoms with Gasteiger partial charge >= 0.3 is 0 Å². The van der Waals surface area contributed by atoms with Gasteiger partial charge in [0.1, 0.15) is 0 Å². The summed E-state index contributed by atoms with van der Waals surface area (Å²) in [4.78, 5) is 9.95. The molecule has 4 N–H and O–H groups in total. The second kappa shape index (κ2) is 12.9. The predicted molar refractivity (Wildman–Crippen MR) is 204 cm³/mol. The SMILES string of the molecule is Nc1ccccc1N(N)c1ccc(-c2ccc3cccc(-c4ccc(-c5cc(-c6ccccc6)nc(-c6ccccc6)n5)cc4)c3c2)cc1. The van der Waals surface area contributed by atoms with E-state index in [1.54, 1.807) is 5.01 Å². The largest absolute Gasteiger partial charge is 0.397 e. The van der Waals surface area contributed by atoms with Crippen LogP contribution >= 0.6 is 0 Å². The molecule has 0 saturated heterocycles. The quantitative estimate of drug-likeness (QED) is 0.104. The molecule has 1 aromatic heterocycles. The molecule has 0 aliphatic heterocycles. The van der Waals surface area contributed by atoms with Gasteiger partial charge in [0.25, 0.3) is 0 Å². The summed E-state index contributed by atoms with van der Waals surface area (Å²) < 4.78 is 0. The molecule has 0 spiro atoms. The van der Waals surface area contributed by atoms with E-state index in [9.17, 15) is 0 Å². The van der Waals surface area contributed by atoms with Gasteiger partial charge in [-0.1, -0.05) is 140 Å². The van der Waals surface area contributed by atoms with E-state index >= 15 is 0 Å². The molecular formula is C44H33N5. The Morgan fingerprint density at radius 2 is 1.00 bits per heavy atom. The number of benzene rings is 7. The van der Waals surface area contributed by atoms with Crippen LogP contribution in [-0.4, -0.2) is 9.97 Å². The lowest BCUT2D eigenvalue weighted by atomic mass is 9.94. The molecule has 0 aliphatic carbocycles. The zero-order valence-electron chi connectivity index (χ0n) is 26.7. The Morgan fingerprint density at radius 3 is 1.69 bits per heavy atom. The van der Waals surface area contributed by atoms with E-state index < -0.39 is 0 Å². The third kappa shape index (κ3) is 6.02. The summed E-state index contributed by atoms with van der Waals surface area (Å²) in [7, 11) is 0. The highest BCUT2D eigenvalue weighted by atomic mass is 15.4. The Balaban J connectivity index is 1.12. The van der Waals surface area contributed by atoms with Crippen LogP contribution in [0.15, 0.2) is 176 Å². The Hall–Kier alpha value is -6.56. The van der Waals surface area contributed by atoms with E-state index in [1.807, 2.05) is 84.9 Å². The van der Waals surface area contributed by atoms with Crippen molar-refractivity contribution in [3.63, 3.8) is 0 Å². The summed E-state index contributed by atoms with van der Waals surface area (Å²) in [5, 5.41) is 3.99. The summed E-state index contributed by atoms with van der Waals surface area (Å²) in [6, 6.07) is 60.1. The van der Waals surface area contributed by atoms with Crippen LogP contribution < -0.4 is 16.6 Å². The number of nitrogens with two attached hydrogens (primary N) is 2. The fourth-order valence-electron chi connectivity index (χ4n) is 6.25. The minimum absolute atomic E-state index is 0.634. The van der Waals surface area contributed by atoms with Gasteiger partial charge in [-0.05, 0) is 69.4 Å². The number of nitrogens with zero attached hydrogens (tertiary/aromatic N) is 3. The number of aromatic nitrogens is 2. The van der Waals surface area contributed by atoms with Gasteiger partial charge in [-0.25, -0.2) is 15.8 Å². The average Bonchev–Trinajstić information content (AvgIpc) is 3.18. The van der Waals surface area contributed by atoms with Gasteiger partial charge in [-0.15, -0.1) is 0 Å². The minimum atomic E-state index is 0.634. The third-order valence-electron chi connectivity index (χ3n) is 8.88. The topological polar surface area (TPSA) is 81.1 Å². The van der Waals surface area contributed by atoms with Gasteiger partial charge in [0.05, 0.1) is 28.5 Å². The second-order valence-electron chi connectivity index (χ2n) is 12.0. The summed E-state index contributed by atoms with van der Waals surface area (Å²) in [6.07, 6.45) is 0. The van der Waals surface area contributed by atoms with E-state index in [-0.39, 0.29) is 0 Å². The standard InChI is InChI=1S/C44H33N5/c45-40-16-7-8-17-43(40)49(46)37-26-24-30(25-27-37)36-23-20-31-14-9-15-38(39(31)28-36)32-18-21-34(22-19-32)42-29-41(33-10-3-1-4-11-33)47-44(48-42)35-12-5-2-6-13-35/h1-29H,45-46H2. The minimum Gasteiger partial charge on any atom is -0.397 e. The van der Waals surface area contributed by atoms with E-state index in [0.29, 0.717) is 11.5 Å². The monoisotopic (exact) mass is 631 g/mol. The number of hydrogen-bond donors (Lipinski definition) is 2. The van der Waals surface area contributed by atoms with Gasteiger partial charge in [0.2, 0.25) is 0 Å². The van der Waals surface area contributed by atoms with Crippen LogP contribution in [0, 0.1) is 0 Å². The van der Waals surface area contributed by atoms with Crippen molar-refractivity contribution in [2.45, 2.75) is 0 Å². The number of anilines is 3. The first kappa shape index (κ1) is 29.8. The second-order valence-corrected chi connectivity index (χ2v) is 12.0. The number of hydrogen-bond acceptors (Lipinski definition) is 5. The summed E-state index contributed by atoms with van der Waals surface area (Å²) >= 11 is 0. The van der Waals surface area contributed by atoms with Crippen LogP contribution in [-0.2, 0) is 0 Å². The average molecular weight is 632 g/mol. The van der Waals surface area contributed by atoms with E-state index in [1.165, 1.54) is 16.3 Å². The summed E-state index contributed by atoms with van der Waals surface area (Å²) in [5.41, 5.74) is 17.8. The highest BCUT2D eigenvalue weighted by Crippen LogP contribution is 2.35. The molecule has 5 heteroatoms. The van der Waals surface area contributed by atoms with E-state index in [4.69, 9.17) is 21.5 Å². The van der Waals surface area contributed by atoms with Crippen molar-refractivity contribution in [1.29, 1.82) is 0 Å². The maximum atomic E-state index is 6.43. The summed E-state index contributed by atoms with van der Waals surface area (Å²) in [6.45, 7) is 0. The smallest absolute Gasteiger partial charge is 0.160 e. The fraction of sp³-hybridized carbons (Fsp3) is 0. The van der Waals surface area contributed by atoms with Crippen molar-refractivity contribution in [3.8, 4) is 56.2 Å². The Kier molecular flexibility index (Phi) is 7.86. The van der Waals surface area contributed by atoms with Crippen LogP contribution in [0.2, 0.25) is 0 Å². The maximum Gasteiger partial charge on any atom is 0.160 e. The molecule has 0 aliphatic rings. The van der Waals surface area contributed by atoms with Crippen molar-refractivity contribution in [3.05, 3.63) is 176 Å². The van der Waals surface area contributed by atoms with Crippen molar-refractivity contribution in [2.75, 3.05) is 10.7 Å². The molecule has 0 bridgehead atoms.